The maximum Gasteiger partial charge on any atom is 0.332 e. The van der Waals surface area contributed by atoms with Gasteiger partial charge in [0.2, 0.25) is 0 Å². The van der Waals surface area contributed by atoms with Crippen molar-refractivity contribution in [2.75, 3.05) is 0 Å². The van der Waals surface area contributed by atoms with E-state index in [2.05, 4.69) is 221 Å². The SMILES string of the molecule is c1ccc(-c2ccc3c(c2)c2cc(-c4ccccc4)cc4c2n3-c2ccccc2B4n2c3cc(-c4ccccc4)ccc3c3ccc(-c4ccccc4)cc32)cc1. The average molecular weight is 723 g/mol. The number of fused-ring (bicyclic) bond motifs is 8. The smallest absolute Gasteiger partial charge is 0.332 e. The van der Waals surface area contributed by atoms with Crippen LogP contribution in [0.1, 0.15) is 0 Å². The molecule has 0 saturated carbocycles. The van der Waals surface area contributed by atoms with E-state index in [1.54, 1.807) is 0 Å². The molecule has 0 N–H and O–H groups in total. The molecule has 1 aliphatic heterocycles. The molecule has 0 spiro atoms. The highest BCUT2D eigenvalue weighted by molar-refractivity contribution is 6.88. The Morgan fingerprint density at radius 2 is 0.737 bits per heavy atom. The van der Waals surface area contributed by atoms with Gasteiger partial charge < -0.3 is 9.05 Å². The van der Waals surface area contributed by atoms with Crippen LogP contribution in [0.4, 0.5) is 0 Å². The molecule has 0 saturated heterocycles. The Bertz CT molecular complexity index is 3230. The van der Waals surface area contributed by atoms with E-state index < -0.39 is 0 Å². The number of rotatable bonds is 5. The second-order valence-electron chi connectivity index (χ2n) is 15.3. The Balaban J connectivity index is 1.23. The first-order chi connectivity index (χ1) is 28.3. The molecular weight excluding hydrogens is 687 g/mol. The molecule has 3 heteroatoms. The maximum atomic E-state index is 2.66. The Morgan fingerprint density at radius 1 is 0.281 bits per heavy atom. The van der Waals surface area contributed by atoms with Crippen LogP contribution in [0.5, 0.6) is 0 Å². The van der Waals surface area contributed by atoms with Crippen molar-refractivity contribution >= 4 is 61.4 Å². The monoisotopic (exact) mass is 722 g/mol. The molecule has 3 heterocycles. The molecule has 0 bridgehead atoms. The third kappa shape index (κ3) is 4.92. The standard InChI is InChI=1S/C54H35BN2/c1-5-15-36(16-6-1)40-27-30-50-46(31-40)47-32-43(39-21-11-4-12-22-39)33-49-54(47)56(50)51-24-14-13-23-48(51)55(49)57-52-34-41(37-17-7-2-8-18-37)25-28-44(52)45-29-26-42(35-53(45)57)38-19-9-3-10-20-38/h1-35H. The minimum Gasteiger partial charge on any atom is -0.376 e. The zero-order chi connectivity index (χ0) is 37.5. The summed E-state index contributed by atoms with van der Waals surface area (Å²) in [6.45, 7) is -0.102. The molecule has 0 radical (unpaired) electrons. The molecule has 9 aromatic carbocycles. The first-order valence-electron chi connectivity index (χ1n) is 19.8. The molecule has 0 amide bonds. The van der Waals surface area contributed by atoms with Crippen LogP contribution in [-0.4, -0.2) is 15.9 Å². The van der Waals surface area contributed by atoms with Gasteiger partial charge in [-0.2, -0.15) is 0 Å². The van der Waals surface area contributed by atoms with Crippen molar-refractivity contribution in [3.63, 3.8) is 0 Å². The first-order valence-corrected chi connectivity index (χ1v) is 19.8. The summed E-state index contributed by atoms with van der Waals surface area (Å²) in [6, 6.07) is 78.3. The fourth-order valence-electron chi connectivity index (χ4n) is 9.56. The third-order valence-electron chi connectivity index (χ3n) is 12.1. The van der Waals surface area contributed by atoms with Gasteiger partial charge in [-0.15, -0.1) is 0 Å². The average Bonchev–Trinajstić information content (AvgIpc) is 3.79. The molecule has 11 aromatic rings. The van der Waals surface area contributed by atoms with E-state index in [-0.39, 0.29) is 6.85 Å². The van der Waals surface area contributed by atoms with Crippen molar-refractivity contribution in [1.82, 2.24) is 9.05 Å². The van der Waals surface area contributed by atoms with Crippen molar-refractivity contribution in [3.8, 4) is 50.2 Å². The van der Waals surface area contributed by atoms with Crippen LogP contribution in [0.3, 0.4) is 0 Å². The lowest BCUT2D eigenvalue weighted by molar-refractivity contribution is 1.18. The second kappa shape index (κ2) is 12.6. The molecule has 1 aliphatic rings. The molecule has 2 aromatic heterocycles. The topological polar surface area (TPSA) is 9.86 Å². The zero-order valence-electron chi connectivity index (χ0n) is 31.2. The Morgan fingerprint density at radius 3 is 1.30 bits per heavy atom. The van der Waals surface area contributed by atoms with Crippen molar-refractivity contribution in [1.29, 1.82) is 0 Å². The molecule has 0 unspecified atom stereocenters. The van der Waals surface area contributed by atoms with Crippen molar-refractivity contribution in [2.24, 2.45) is 0 Å². The number of hydrogen-bond acceptors (Lipinski definition) is 0. The highest BCUT2D eigenvalue weighted by Crippen LogP contribution is 2.41. The van der Waals surface area contributed by atoms with E-state index in [1.165, 1.54) is 105 Å². The number of nitrogens with zero attached hydrogens (tertiary/aromatic N) is 2. The lowest BCUT2D eigenvalue weighted by Gasteiger charge is -2.29. The van der Waals surface area contributed by atoms with Crippen LogP contribution < -0.4 is 10.9 Å². The van der Waals surface area contributed by atoms with E-state index in [9.17, 15) is 0 Å². The zero-order valence-corrected chi connectivity index (χ0v) is 31.2. The highest BCUT2D eigenvalue weighted by atomic mass is 15.0. The molecule has 57 heavy (non-hydrogen) atoms. The summed E-state index contributed by atoms with van der Waals surface area (Å²) in [4.78, 5) is 0. The van der Waals surface area contributed by atoms with Crippen LogP contribution in [0.15, 0.2) is 212 Å². The van der Waals surface area contributed by atoms with E-state index in [1.807, 2.05) is 0 Å². The number of hydrogen-bond donors (Lipinski definition) is 0. The van der Waals surface area contributed by atoms with Crippen LogP contribution >= 0.6 is 0 Å². The molecule has 264 valence electrons. The predicted octanol–water partition coefficient (Wildman–Crippen LogP) is 12.5. The largest absolute Gasteiger partial charge is 0.376 e. The molecule has 0 aliphatic carbocycles. The summed E-state index contributed by atoms with van der Waals surface area (Å²) in [7, 11) is 0. The first kappa shape index (κ1) is 31.9. The Kier molecular flexibility index (Phi) is 7.06. The fraction of sp³-hybridized carbons (Fsp3) is 0. The summed E-state index contributed by atoms with van der Waals surface area (Å²) >= 11 is 0. The lowest BCUT2D eigenvalue weighted by Crippen LogP contribution is -2.53. The summed E-state index contributed by atoms with van der Waals surface area (Å²) in [5.41, 5.74) is 18.5. The lowest BCUT2D eigenvalue weighted by atomic mass is 9.48. The van der Waals surface area contributed by atoms with Crippen molar-refractivity contribution in [3.05, 3.63) is 212 Å². The van der Waals surface area contributed by atoms with E-state index in [0.29, 0.717) is 0 Å². The summed E-state index contributed by atoms with van der Waals surface area (Å²) in [6.07, 6.45) is 0. The third-order valence-corrected chi connectivity index (χ3v) is 12.1. The molecular formula is C54H35BN2. The summed E-state index contributed by atoms with van der Waals surface area (Å²) in [5, 5.41) is 5.06. The quantitative estimate of drug-likeness (QED) is 0.157. The molecule has 12 rings (SSSR count). The van der Waals surface area contributed by atoms with Gasteiger partial charge in [0.25, 0.3) is 0 Å². The van der Waals surface area contributed by atoms with Crippen LogP contribution in [0, 0.1) is 0 Å². The minimum absolute atomic E-state index is 0.102. The van der Waals surface area contributed by atoms with Crippen LogP contribution in [-0.2, 0) is 0 Å². The summed E-state index contributed by atoms with van der Waals surface area (Å²) < 4.78 is 5.19. The van der Waals surface area contributed by atoms with Gasteiger partial charge in [0.15, 0.2) is 0 Å². The van der Waals surface area contributed by atoms with Crippen LogP contribution in [0.2, 0.25) is 0 Å². The van der Waals surface area contributed by atoms with Gasteiger partial charge in [-0.05, 0) is 91.8 Å². The Labute approximate surface area is 331 Å². The van der Waals surface area contributed by atoms with Gasteiger partial charge in [0.1, 0.15) is 0 Å². The molecule has 0 atom stereocenters. The summed E-state index contributed by atoms with van der Waals surface area (Å²) in [5.74, 6) is 0. The van der Waals surface area contributed by atoms with Gasteiger partial charge in [0, 0.05) is 38.3 Å². The Hall–Kier alpha value is -7.36. The van der Waals surface area contributed by atoms with Gasteiger partial charge >= 0.3 is 6.85 Å². The molecule has 2 nitrogen and oxygen atoms in total. The number of aromatic nitrogens is 2. The molecule has 0 fully saturated rings. The van der Waals surface area contributed by atoms with E-state index >= 15 is 0 Å². The number of para-hydroxylation sites is 1. The van der Waals surface area contributed by atoms with Crippen molar-refractivity contribution in [2.45, 2.75) is 0 Å². The normalized spacial score (nSPS) is 12.2. The van der Waals surface area contributed by atoms with Crippen molar-refractivity contribution < 1.29 is 0 Å². The van der Waals surface area contributed by atoms with Gasteiger partial charge in [-0.25, -0.2) is 0 Å². The number of benzene rings is 9. The highest BCUT2D eigenvalue weighted by Gasteiger charge is 2.37. The van der Waals surface area contributed by atoms with Gasteiger partial charge in [-0.1, -0.05) is 176 Å². The second-order valence-corrected chi connectivity index (χ2v) is 15.3. The van der Waals surface area contributed by atoms with E-state index in [4.69, 9.17) is 0 Å². The minimum atomic E-state index is -0.102. The van der Waals surface area contributed by atoms with Gasteiger partial charge in [0.05, 0.1) is 11.0 Å². The van der Waals surface area contributed by atoms with E-state index in [0.717, 1.165) is 0 Å². The fourth-order valence-corrected chi connectivity index (χ4v) is 9.56. The maximum absolute atomic E-state index is 2.66. The van der Waals surface area contributed by atoms with Gasteiger partial charge in [-0.3, -0.25) is 0 Å². The van der Waals surface area contributed by atoms with Crippen LogP contribution in [0.25, 0.3) is 93.8 Å². The predicted molar refractivity (Wildman–Crippen MR) is 242 cm³/mol.